The van der Waals surface area contributed by atoms with E-state index in [1.807, 2.05) is 60.7 Å². The van der Waals surface area contributed by atoms with Gasteiger partial charge in [-0.25, -0.2) is 4.79 Å². The topological polar surface area (TPSA) is 36.7 Å². The molecule has 132 valence electrons. The molecule has 0 amide bonds. The molecule has 1 aliphatic rings. The highest BCUT2D eigenvalue weighted by Crippen LogP contribution is 2.38. The van der Waals surface area contributed by atoms with Crippen LogP contribution in [0.3, 0.4) is 0 Å². The second-order valence-electron chi connectivity index (χ2n) is 6.65. The minimum absolute atomic E-state index is 0.273. The fourth-order valence-corrected chi connectivity index (χ4v) is 3.73. The quantitative estimate of drug-likeness (QED) is 0.479. The van der Waals surface area contributed by atoms with Gasteiger partial charge in [-0.1, -0.05) is 48.5 Å². The van der Waals surface area contributed by atoms with Crippen LogP contribution in [0.2, 0.25) is 0 Å². The average molecular weight is 354 g/mol. The molecule has 27 heavy (non-hydrogen) atoms. The van der Waals surface area contributed by atoms with Gasteiger partial charge in [0.1, 0.15) is 5.58 Å². The van der Waals surface area contributed by atoms with Crippen molar-refractivity contribution in [3.63, 3.8) is 0 Å². The zero-order valence-corrected chi connectivity index (χ0v) is 14.7. The second kappa shape index (κ2) is 6.32. The molecule has 4 heteroatoms. The summed E-state index contributed by atoms with van der Waals surface area (Å²) in [6.07, 6.45) is 0. The molecule has 0 N–H and O–H groups in total. The summed E-state index contributed by atoms with van der Waals surface area (Å²) in [5, 5.41) is 0.962. The van der Waals surface area contributed by atoms with Crippen LogP contribution in [0.4, 0.5) is 17.1 Å². The van der Waals surface area contributed by atoms with Gasteiger partial charge in [-0.2, -0.15) is 0 Å². The number of benzene rings is 3. The normalized spacial score (nSPS) is 13.6. The highest BCUT2D eigenvalue weighted by Gasteiger charge is 2.29. The van der Waals surface area contributed by atoms with Crippen LogP contribution in [-0.4, -0.2) is 6.67 Å². The summed E-state index contributed by atoms with van der Waals surface area (Å²) in [4.78, 5) is 17.2. The van der Waals surface area contributed by atoms with Gasteiger partial charge >= 0.3 is 5.63 Å². The van der Waals surface area contributed by atoms with Crippen LogP contribution >= 0.6 is 0 Å². The first-order valence-corrected chi connectivity index (χ1v) is 8.98. The highest BCUT2D eigenvalue weighted by atomic mass is 16.4. The Hall–Kier alpha value is -3.53. The first-order chi connectivity index (χ1) is 13.3. The Balaban J connectivity index is 1.76. The Bertz CT molecular complexity index is 1150. The van der Waals surface area contributed by atoms with Gasteiger partial charge in [-0.15, -0.1) is 0 Å². The van der Waals surface area contributed by atoms with Crippen LogP contribution in [0, 0.1) is 0 Å². The highest BCUT2D eigenvalue weighted by molar-refractivity contribution is 5.95. The predicted octanol–water partition coefficient (Wildman–Crippen LogP) is 4.91. The van der Waals surface area contributed by atoms with Crippen LogP contribution < -0.4 is 15.4 Å². The largest absolute Gasteiger partial charge is 0.422 e. The molecule has 3 aromatic carbocycles. The zero-order valence-electron chi connectivity index (χ0n) is 14.7. The van der Waals surface area contributed by atoms with Gasteiger partial charge in [0.15, 0.2) is 0 Å². The van der Waals surface area contributed by atoms with Gasteiger partial charge in [0.25, 0.3) is 0 Å². The van der Waals surface area contributed by atoms with Crippen LogP contribution in [0.5, 0.6) is 0 Å². The Kier molecular flexibility index (Phi) is 3.68. The molecule has 0 radical (unpaired) electrons. The van der Waals surface area contributed by atoms with E-state index in [2.05, 4.69) is 34.1 Å². The van der Waals surface area contributed by atoms with E-state index >= 15 is 0 Å². The van der Waals surface area contributed by atoms with Gasteiger partial charge in [0.05, 0.1) is 24.5 Å². The van der Waals surface area contributed by atoms with Gasteiger partial charge in [-0.3, -0.25) is 0 Å². The van der Waals surface area contributed by atoms with Crippen molar-refractivity contribution in [1.82, 2.24) is 0 Å². The van der Waals surface area contributed by atoms with Crippen molar-refractivity contribution < 1.29 is 4.42 Å². The predicted molar refractivity (Wildman–Crippen MR) is 109 cm³/mol. The van der Waals surface area contributed by atoms with Crippen molar-refractivity contribution in [2.24, 2.45) is 0 Å². The zero-order chi connectivity index (χ0) is 18.2. The Labute approximate surface area is 156 Å². The van der Waals surface area contributed by atoms with Gasteiger partial charge < -0.3 is 14.2 Å². The summed E-state index contributed by atoms with van der Waals surface area (Å²) in [5.74, 6) is 0. The molecule has 0 fully saturated rings. The molecule has 0 saturated heterocycles. The molecule has 4 nitrogen and oxygen atoms in total. The first-order valence-electron chi connectivity index (χ1n) is 8.98. The van der Waals surface area contributed by atoms with E-state index in [4.69, 9.17) is 4.42 Å². The van der Waals surface area contributed by atoms with E-state index in [-0.39, 0.29) is 5.63 Å². The number of fused-ring (bicyclic) bond motifs is 3. The third-order valence-corrected chi connectivity index (χ3v) is 5.00. The van der Waals surface area contributed by atoms with E-state index in [1.54, 1.807) is 0 Å². The van der Waals surface area contributed by atoms with E-state index in [0.29, 0.717) is 24.4 Å². The Morgan fingerprint density at radius 2 is 1.37 bits per heavy atom. The van der Waals surface area contributed by atoms with Gasteiger partial charge in [0, 0.05) is 16.8 Å². The molecule has 2 heterocycles. The van der Waals surface area contributed by atoms with Crippen molar-refractivity contribution >= 4 is 28.0 Å². The molecule has 0 aliphatic carbocycles. The van der Waals surface area contributed by atoms with E-state index < -0.39 is 0 Å². The number of hydrogen-bond donors (Lipinski definition) is 0. The smallest absolute Gasteiger partial charge is 0.343 e. The van der Waals surface area contributed by atoms with E-state index in [9.17, 15) is 4.79 Å². The summed E-state index contributed by atoms with van der Waals surface area (Å²) in [6, 6.07) is 28.1. The van der Waals surface area contributed by atoms with Crippen molar-refractivity contribution in [2.75, 3.05) is 16.5 Å². The molecular formula is C23H18N2O2. The van der Waals surface area contributed by atoms with Crippen molar-refractivity contribution in [1.29, 1.82) is 0 Å². The fraction of sp³-hybridized carbons (Fsp3) is 0.0870. The number of rotatable bonds is 2. The molecule has 1 aromatic heterocycles. The summed E-state index contributed by atoms with van der Waals surface area (Å²) in [7, 11) is 0. The van der Waals surface area contributed by atoms with Gasteiger partial charge in [-0.05, 0) is 36.4 Å². The molecule has 4 aromatic rings. The van der Waals surface area contributed by atoms with Crippen LogP contribution in [0.25, 0.3) is 11.0 Å². The van der Waals surface area contributed by atoms with Crippen LogP contribution in [0.1, 0.15) is 5.56 Å². The first kappa shape index (κ1) is 15.7. The summed E-state index contributed by atoms with van der Waals surface area (Å²) in [6.45, 7) is 1.18. The van der Waals surface area contributed by atoms with Crippen molar-refractivity contribution in [2.45, 2.75) is 6.54 Å². The molecule has 0 unspecified atom stereocenters. The number of anilines is 3. The minimum Gasteiger partial charge on any atom is -0.422 e. The third kappa shape index (κ3) is 2.66. The number of nitrogens with zero attached hydrogens (tertiary/aromatic N) is 2. The standard InChI is InChI=1S/C23H18N2O2/c26-23-20-15-24(17-9-3-1-4-10-17)16-25(18-11-5-2-6-12-18)22(20)19-13-7-8-14-21(19)27-23/h1-14H,15-16H2. The van der Waals surface area contributed by atoms with Crippen LogP contribution in [0.15, 0.2) is 94.1 Å². The minimum atomic E-state index is -0.273. The summed E-state index contributed by atoms with van der Waals surface area (Å²) >= 11 is 0. The molecule has 5 rings (SSSR count). The van der Waals surface area contributed by atoms with Crippen LogP contribution in [-0.2, 0) is 6.54 Å². The molecule has 0 spiro atoms. The second-order valence-corrected chi connectivity index (χ2v) is 6.65. The Morgan fingerprint density at radius 1 is 0.741 bits per heavy atom. The monoisotopic (exact) mass is 354 g/mol. The summed E-state index contributed by atoms with van der Waals surface area (Å²) < 4.78 is 5.62. The molecule has 1 aliphatic heterocycles. The van der Waals surface area contributed by atoms with Gasteiger partial charge in [0.2, 0.25) is 0 Å². The summed E-state index contributed by atoms with van der Waals surface area (Å²) in [5.41, 5.74) is 4.11. The maximum atomic E-state index is 12.8. The SMILES string of the molecule is O=c1oc2ccccc2c2c1CN(c1ccccc1)CN2c1ccccc1. The number of para-hydroxylation sites is 3. The van der Waals surface area contributed by atoms with Crippen molar-refractivity contribution in [3.05, 3.63) is 101 Å². The Morgan fingerprint density at radius 3 is 2.11 bits per heavy atom. The maximum absolute atomic E-state index is 12.8. The fourth-order valence-electron chi connectivity index (χ4n) is 3.73. The lowest BCUT2D eigenvalue weighted by molar-refractivity contribution is 0.543. The number of hydrogen-bond acceptors (Lipinski definition) is 4. The lowest BCUT2D eigenvalue weighted by Crippen LogP contribution is -2.42. The molecule has 0 bridgehead atoms. The average Bonchev–Trinajstić information content (AvgIpc) is 2.74. The lowest BCUT2D eigenvalue weighted by atomic mass is 10.1. The van der Waals surface area contributed by atoms with E-state index in [1.165, 1.54) is 0 Å². The lowest BCUT2D eigenvalue weighted by Gasteiger charge is -2.39. The maximum Gasteiger partial charge on any atom is 0.343 e. The van der Waals surface area contributed by atoms with Crippen molar-refractivity contribution in [3.8, 4) is 0 Å². The third-order valence-electron chi connectivity index (χ3n) is 5.00. The molecular weight excluding hydrogens is 336 g/mol. The van der Waals surface area contributed by atoms with E-state index in [0.717, 1.165) is 22.4 Å². The molecule has 0 atom stereocenters. The molecule has 0 saturated carbocycles.